The van der Waals surface area contributed by atoms with Gasteiger partial charge < -0.3 is 10.2 Å². The zero-order chi connectivity index (χ0) is 13.8. The van der Waals surface area contributed by atoms with Crippen molar-refractivity contribution in [2.45, 2.75) is 22.7 Å². The van der Waals surface area contributed by atoms with Gasteiger partial charge in [0.2, 0.25) is 5.13 Å². The van der Waals surface area contributed by atoms with Crippen molar-refractivity contribution >= 4 is 28.2 Å². The number of hydrogen-bond acceptors (Lipinski definition) is 6. The van der Waals surface area contributed by atoms with Crippen LogP contribution in [0.4, 0.5) is 5.13 Å². The van der Waals surface area contributed by atoms with Crippen LogP contribution in [0.5, 0.6) is 0 Å². The van der Waals surface area contributed by atoms with E-state index in [1.807, 2.05) is 26.0 Å². The van der Waals surface area contributed by atoms with E-state index >= 15 is 0 Å². The summed E-state index contributed by atoms with van der Waals surface area (Å²) in [5.74, 6) is 0. The molecule has 1 aromatic heterocycles. The molecule has 0 saturated heterocycles. The molecule has 4 nitrogen and oxygen atoms in total. The quantitative estimate of drug-likeness (QED) is 0.918. The molecule has 0 bridgehead atoms. The average molecular weight is 294 g/mol. The fraction of sp³-hybridized carbons (Fsp3) is 0.385. The van der Waals surface area contributed by atoms with Crippen LogP contribution < -0.4 is 10.2 Å². The van der Waals surface area contributed by atoms with Gasteiger partial charge in [0, 0.05) is 25.5 Å². The van der Waals surface area contributed by atoms with Gasteiger partial charge in [-0.05, 0) is 31.2 Å². The predicted octanol–water partition coefficient (Wildman–Crippen LogP) is 2.78. The Bertz CT molecular complexity index is 551. The second-order valence-electron chi connectivity index (χ2n) is 4.48. The largest absolute Gasteiger partial charge is 0.353 e. The van der Waals surface area contributed by atoms with Crippen molar-refractivity contribution in [3.05, 3.63) is 29.3 Å². The summed E-state index contributed by atoms with van der Waals surface area (Å²) in [6.07, 6.45) is 0. The number of aromatic nitrogens is 2. The first-order valence-corrected chi connectivity index (χ1v) is 7.66. The van der Waals surface area contributed by atoms with Crippen LogP contribution in [0.2, 0.25) is 0 Å². The number of rotatable bonds is 5. The molecule has 1 N–H and O–H groups in total. The van der Waals surface area contributed by atoms with Gasteiger partial charge in [-0.25, -0.2) is 0 Å². The lowest BCUT2D eigenvalue weighted by atomic mass is 10.1. The maximum Gasteiger partial charge on any atom is 0.208 e. The van der Waals surface area contributed by atoms with Crippen molar-refractivity contribution in [1.29, 1.82) is 0 Å². The zero-order valence-corrected chi connectivity index (χ0v) is 13.2. The molecule has 6 heteroatoms. The Balaban J connectivity index is 2.13. The Labute approximate surface area is 122 Å². The zero-order valence-electron chi connectivity index (χ0n) is 11.6. The van der Waals surface area contributed by atoms with E-state index in [0.717, 1.165) is 16.0 Å². The van der Waals surface area contributed by atoms with Gasteiger partial charge in [0.15, 0.2) is 4.34 Å². The lowest BCUT2D eigenvalue weighted by Crippen LogP contribution is -2.07. The molecule has 0 saturated carbocycles. The molecule has 2 rings (SSSR count). The fourth-order valence-corrected chi connectivity index (χ4v) is 3.45. The number of anilines is 1. The molecule has 0 unspecified atom stereocenters. The molecule has 1 heterocycles. The van der Waals surface area contributed by atoms with E-state index < -0.39 is 0 Å². The van der Waals surface area contributed by atoms with Gasteiger partial charge in [0.1, 0.15) is 0 Å². The van der Waals surface area contributed by atoms with Crippen molar-refractivity contribution in [2.75, 3.05) is 26.0 Å². The molecule has 0 radical (unpaired) electrons. The van der Waals surface area contributed by atoms with E-state index in [-0.39, 0.29) is 0 Å². The van der Waals surface area contributed by atoms with Crippen LogP contribution in [-0.2, 0) is 6.54 Å². The average Bonchev–Trinajstić information content (AvgIpc) is 2.82. The van der Waals surface area contributed by atoms with Crippen LogP contribution in [0, 0.1) is 6.92 Å². The van der Waals surface area contributed by atoms with Crippen LogP contribution >= 0.6 is 23.1 Å². The highest BCUT2D eigenvalue weighted by atomic mass is 32.2. The number of nitrogens with zero attached hydrogens (tertiary/aromatic N) is 3. The van der Waals surface area contributed by atoms with Crippen LogP contribution in [0.25, 0.3) is 0 Å². The summed E-state index contributed by atoms with van der Waals surface area (Å²) in [6, 6.07) is 6.52. The van der Waals surface area contributed by atoms with Crippen LogP contribution in [0.3, 0.4) is 0 Å². The van der Waals surface area contributed by atoms with E-state index in [9.17, 15) is 0 Å². The minimum Gasteiger partial charge on any atom is -0.353 e. The molecule has 0 aliphatic rings. The first-order valence-electron chi connectivity index (χ1n) is 6.03. The summed E-state index contributed by atoms with van der Waals surface area (Å²) in [5, 5.41) is 12.5. The third kappa shape index (κ3) is 3.68. The van der Waals surface area contributed by atoms with Crippen LogP contribution in [0.1, 0.15) is 11.1 Å². The molecule has 2 aromatic rings. The second-order valence-corrected chi connectivity index (χ2v) is 6.72. The van der Waals surface area contributed by atoms with Crippen molar-refractivity contribution < 1.29 is 0 Å². The normalized spacial score (nSPS) is 10.7. The first-order chi connectivity index (χ1) is 9.10. The standard InChI is InChI=1S/C13H18N4S2/c1-9-7-10(8-14-2)5-6-11(9)18-13-16-15-12(19-13)17(3)4/h5-7,14H,8H2,1-4H3. The minimum absolute atomic E-state index is 0.898. The summed E-state index contributed by atoms with van der Waals surface area (Å²) in [5.41, 5.74) is 2.58. The molecule has 0 aliphatic carbocycles. The van der Waals surface area contributed by atoms with Gasteiger partial charge in [-0.1, -0.05) is 35.2 Å². The molecule has 0 fully saturated rings. The fourth-order valence-electron chi connectivity index (χ4n) is 1.66. The Morgan fingerprint density at radius 3 is 2.68 bits per heavy atom. The number of benzene rings is 1. The molecule has 0 spiro atoms. The SMILES string of the molecule is CNCc1ccc(Sc2nnc(N(C)C)s2)c(C)c1. The van der Waals surface area contributed by atoms with E-state index in [4.69, 9.17) is 0 Å². The van der Waals surface area contributed by atoms with Gasteiger partial charge >= 0.3 is 0 Å². The van der Waals surface area contributed by atoms with Crippen molar-refractivity contribution in [3.8, 4) is 0 Å². The monoisotopic (exact) mass is 294 g/mol. The second kappa shape index (κ2) is 6.36. The molecular formula is C13H18N4S2. The lowest BCUT2D eigenvalue weighted by molar-refractivity contribution is 0.815. The Kier molecular flexibility index (Phi) is 4.79. The van der Waals surface area contributed by atoms with Gasteiger partial charge in [0.25, 0.3) is 0 Å². The van der Waals surface area contributed by atoms with Gasteiger partial charge in [-0.2, -0.15) is 0 Å². The maximum absolute atomic E-state index is 4.21. The molecule has 19 heavy (non-hydrogen) atoms. The third-order valence-corrected chi connectivity index (χ3v) is 4.92. The topological polar surface area (TPSA) is 41.1 Å². The summed E-state index contributed by atoms with van der Waals surface area (Å²) < 4.78 is 0.980. The molecular weight excluding hydrogens is 276 g/mol. The lowest BCUT2D eigenvalue weighted by Gasteiger charge is -2.06. The molecule has 1 aromatic carbocycles. The van der Waals surface area contributed by atoms with Crippen LogP contribution in [0.15, 0.2) is 27.4 Å². The molecule has 0 amide bonds. The highest BCUT2D eigenvalue weighted by Crippen LogP contribution is 2.34. The van der Waals surface area contributed by atoms with Gasteiger partial charge in [0.05, 0.1) is 0 Å². The van der Waals surface area contributed by atoms with Gasteiger partial charge in [-0.15, -0.1) is 10.2 Å². The van der Waals surface area contributed by atoms with Gasteiger partial charge in [-0.3, -0.25) is 0 Å². The van der Waals surface area contributed by atoms with E-state index in [1.165, 1.54) is 16.0 Å². The van der Waals surface area contributed by atoms with Crippen molar-refractivity contribution in [1.82, 2.24) is 15.5 Å². The number of aryl methyl sites for hydroxylation is 1. The highest BCUT2D eigenvalue weighted by Gasteiger charge is 2.09. The third-order valence-electron chi connectivity index (χ3n) is 2.60. The Morgan fingerprint density at radius 2 is 2.11 bits per heavy atom. The van der Waals surface area contributed by atoms with Crippen molar-refractivity contribution in [3.63, 3.8) is 0 Å². The Hall–Kier alpha value is -1.11. The summed E-state index contributed by atoms with van der Waals surface area (Å²) in [7, 11) is 5.92. The smallest absolute Gasteiger partial charge is 0.208 e. The number of nitrogens with one attached hydrogen (secondary N) is 1. The van der Waals surface area contributed by atoms with E-state index in [2.05, 4.69) is 40.6 Å². The van der Waals surface area contributed by atoms with Crippen LogP contribution in [-0.4, -0.2) is 31.3 Å². The first kappa shape index (κ1) is 14.3. The molecule has 102 valence electrons. The van der Waals surface area contributed by atoms with E-state index in [1.54, 1.807) is 23.1 Å². The Morgan fingerprint density at radius 1 is 1.32 bits per heavy atom. The molecule has 0 aliphatic heterocycles. The molecule has 0 atom stereocenters. The summed E-state index contributed by atoms with van der Waals surface area (Å²) in [6.45, 7) is 3.03. The summed E-state index contributed by atoms with van der Waals surface area (Å²) >= 11 is 3.29. The predicted molar refractivity (Wildman–Crippen MR) is 82.3 cm³/mol. The minimum atomic E-state index is 0.898. The van der Waals surface area contributed by atoms with E-state index in [0.29, 0.717) is 0 Å². The maximum atomic E-state index is 4.21. The van der Waals surface area contributed by atoms with Crippen molar-refractivity contribution in [2.24, 2.45) is 0 Å². The highest BCUT2D eigenvalue weighted by molar-refractivity contribution is 8.01. The number of hydrogen-bond donors (Lipinski definition) is 1. The summed E-state index contributed by atoms with van der Waals surface area (Å²) in [4.78, 5) is 3.21.